The van der Waals surface area contributed by atoms with Crippen LogP contribution in [0.5, 0.6) is 0 Å². The first-order chi connectivity index (χ1) is 8.10. The van der Waals surface area contributed by atoms with Gasteiger partial charge in [-0.15, -0.1) is 0 Å². The van der Waals surface area contributed by atoms with E-state index in [0.29, 0.717) is 23.6 Å². The highest BCUT2D eigenvalue weighted by Crippen LogP contribution is 2.21. The summed E-state index contributed by atoms with van der Waals surface area (Å²) in [5, 5.41) is 11.9. The number of carbonyl (C=O) groups is 1. The molecule has 0 heterocycles. The molecular formula is C12H14ClN3O. The van der Waals surface area contributed by atoms with Gasteiger partial charge in [-0.3, -0.25) is 4.79 Å². The first kappa shape index (κ1) is 13.3. The zero-order chi connectivity index (χ0) is 12.8. The molecule has 0 atom stereocenters. The van der Waals surface area contributed by atoms with Crippen LogP contribution in [0.3, 0.4) is 0 Å². The standard InChI is InChI=1S/C12H14ClN3O/c1-15-11-5-4-9(13)8-10(11)12(17)16(2)7-3-6-14/h4-5,8,15H,3,7H2,1-2H3. The molecule has 1 amide bonds. The van der Waals surface area contributed by atoms with Crippen molar-refractivity contribution >= 4 is 23.2 Å². The van der Waals surface area contributed by atoms with Crippen molar-refractivity contribution in [3.05, 3.63) is 28.8 Å². The topological polar surface area (TPSA) is 56.1 Å². The van der Waals surface area contributed by atoms with Crippen LogP contribution in [0.2, 0.25) is 5.02 Å². The van der Waals surface area contributed by atoms with E-state index >= 15 is 0 Å². The second-order valence-corrected chi connectivity index (χ2v) is 4.01. The number of carbonyl (C=O) groups excluding carboxylic acids is 1. The van der Waals surface area contributed by atoms with Gasteiger partial charge in [0.05, 0.1) is 18.1 Å². The molecule has 0 saturated heterocycles. The second-order valence-electron chi connectivity index (χ2n) is 3.57. The summed E-state index contributed by atoms with van der Waals surface area (Å²) in [7, 11) is 3.41. The van der Waals surface area contributed by atoms with E-state index in [2.05, 4.69) is 5.32 Å². The average molecular weight is 252 g/mol. The summed E-state index contributed by atoms with van der Waals surface area (Å²) in [6.07, 6.45) is 0.317. The van der Waals surface area contributed by atoms with E-state index in [9.17, 15) is 4.79 Å². The Morgan fingerprint density at radius 1 is 1.59 bits per heavy atom. The first-order valence-electron chi connectivity index (χ1n) is 5.20. The summed E-state index contributed by atoms with van der Waals surface area (Å²) in [5.41, 5.74) is 1.24. The summed E-state index contributed by atoms with van der Waals surface area (Å²) in [4.78, 5) is 13.6. The molecule has 0 fully saturated rings. The molecule has 17 heavy (non-hydrogen) atoms. The van der Waals surface area contributed by atoms with Gasteiger partial charge in [-0.1, -0.05) is 11.6 Å². The number of nitrogens with zero attached hydrogens (tertiary/aromatic N) is 2. The van der Waals surface area contributed by atoms with Crippen molar-refractivity contribution in [2.24, 2.45) is 0 Å². The van der Waals surface area contributed by atoms with Crippen LogP contribution in [-0.4, -0.2) is 31.4 Å². The van der Waals surface area contributed by atoms with Gasteiger partial charge >= 0.3 is 0 Å². The zero-order valence-electron chi connectivity index (χ0n) is 9.83. The summed E-state index contributed by atoms with van der Waals surface area (Å²) >= 11 is 5.88. The van der Waals surface area contributed by atoms with E-state index in [1.165, 1.54) is 4.90 Å². The molecule has 1 aromatic rings. The van der Waals surface area contributed by atoms with Crippen molar-refractivity contribution < 1.29 is 4.79 Å². The number of hydrogen-bond donors (Lipinski definition) is 1. The highest BCUT2D eigenvalue weighted by molar-refractivity contribution is 6.31. The minimum Gasteiger partial charge on any atom is -0.387 e. The normalized spacial score (nSPS) is 9.53. The number of amides is 1. The van der Waals surface area contributed by atoms with Crippen LogP contribution < -0.4 is 5.32 Å². The molecule has 0 saturated carbocycles. The molecule has 5 heteroatoms. The van der Waals surface area contributed by atoms with Gasteiger partial charge < -0.3 is 10.2 Å². The van der Waals surface area contributed by atoms with Crippen LogP contribution in [0.4, 0.5) is 5.69 Å². The molecule has 0 radical (unpaired) electrons. The summed E-state index contributed by atoms with van der Waals surface area (Å²) < 4.78 is 0. The third-order valence-corrected chi connectivity index (χ3v) is 2.62. The van der Waals surface area contributed by atoms with Crippen LogP contribution in [0.1, 0.15) is 16.8 Å². The fourth-order valence-electron chi connectivity index (χ4n) is 1.44. The maximum atomic E-state index is 12.1. The molecule has 0 spiro atoms. The number of nitriles is 1. The number of anilines is 1. The number of nitrogens with one attached hydrogen (secondary N) is 1. The van der Waals surface area contributed by atoms with Gasteiger partial charge in [0.1, 0.15) is 0 Å². The van der Waals surface area contributed by atoms with Crippen molar-refractivity contribution in [2.45, 2.75) is 6.42 Å². The van der Waals surface area contributed by atoms with E-state index in [-0.39, 0.29) is 5.91 Å². The van der Waals surface area contributed by atoms with Gasteiger partial charge in [0, 0.05) is 31.4 Å². The molecule has 0 aliphatic heterocycles. The predicted molar refractivity (Wildman–Crippen MR) is 68.2 cm³/mol. The Morgan fingerprint density at radius 3 is 2.88 bits per heavy atom. The van der Waals surface area contributed by atoms with Gasteiger partial charge in [0.25, 0.3) is 5.91 Å². The van der Waals surface area contributed by atoms with Crippen molar-refractivity contribution in [3.63, 3.8) is 0 Å². The predicted octanol–water partition coefficient (Wildman–Crippen LogP) is 2.37. The van der Waals surface area contributed by atoms with Crippen molar-refractivity contribution in [2.75, 3.05) is 26.0 Å². The molecular weight excluding hydrogens is 238 g/mol. The molecule has 1 rings (SSSR count). The van der Waals surface area contributed by atoms with Gasteiger partial charge in [0.2, 0.25) is 0 Å². The number of halogens is 1. The smallest absolute Gasteiger partial charge is 0.255 e. The first-order valence-corrected chi connectivity index (χ1v) is 5.57. The summed E-state index contributed by atoms with van der Waals surface area (Å²) in [6, 6.07) is 7.11. The Labute approximate surface area is 106 Å². The van der Waals surface area contributed by atoms with E-state index in [1.54, 1.807) is 32.3 Å². The molecule has 0 aliphatic rings. The zero-order valence-corrected chi connectivity index (χ0v) is 10.6. The Kier molecular flexibility index (Phi) is 4.80. The molecule has 90 valence electrons. The largest absolute Gasteiger partial charge is 0.387 e. The number of benzene rings is 1. The summed E-state index contributed by atoms with van der Waals surface area (Å²) in [5.74, 6) is -0.146. The third kappa shape index (κ3) is 3.36. The molecule has 0 bridgehead atoms. The van der Waals surface area contributed by atoms with E-state index in [4.69, 9.17) is 16.9 Å². The fourth-order valence-corrected chi connectivity index (χ4v) is 1.61. The third-order valence-electron chi connectivity index (χ3n) is 2.39. The van der Waals surface area contributed by atoms with Crippen LogP contribution in [0, 0.1) is 11.3 Å². The maximum absolute atomic E-state index is 12.1. The quantitative estimate of drug-likeness (QED) is 0.894. The molecule has 1 aromatic carbocycles. The molecule has 0 aliphatic carbocycles. The lowest BCUT2D eigenvalue weighted by Gasteiger charge is -2.17. The monoisotopic (exact) mass is 251 g/mol. The fraction of sp³-hybridized carbons (Fsp3) is 0.333. The van der Waals surface area contributed by atoms with Gasteiger partial charge in [-0.25, -0.2) is 0 Å². The lowest BCUT2D eigenvalue weighted by Crippen LogP contribution is -2.28. The van der Waals surface area contributed by atoms with Crippen LogP contribution in [0.15, 0.2) is 18.2 Å². The molecule has 4 nitrogen and oxygen atoms in total. The minimum absolute atomic E-state index is 0.146. The van der Waals surface area contributed by atoms with Crippen LogP contribution in [-0.2, 0) is 0 Å². The Morgan fingerprint density at radius 2 is 2.29 bits per heavy atom. The highest BCUT2D eigenvalue weighted by Gasteiger charge is 2.15. The van der Waals surface area contributed by atoms with Crippen molar-refractivity contribution in [3.8, 4) is 6.07 Å². The molecule has 0 aromatic heterocycles. The van der Waals surface area contributed by atoms with Crippen LogP contribution >= 0.6 is 11.6 Å². The van der Waals surface area contributed by atoms with E-state index in [1.807, 2.05) is 6.07 Å². The van der Waals surface area contributed by atoms with E-state index in [0.717, 1.165) is 5.69 Å². The minimum atomic E-state index is -0.146. The molecule has 0 unspecified atom stereocenters. The lowest BCUT2D eigenvalue weighted by atomic mass is 10.1. The Bertz CT molecular complexity index is 454. The number of rotatable bonds is 4. The van der Waals surface area contributed by atoms with Crippen LogP contribution in [0.25, 0.3) is 0 Å². The molecule has 1 N–H and O–H groups in total. The highest BCUT2D eigenvalue weighted by atomic mass is 35.5. The van der Waals surface area contributed by atoms with Gasteiger partial charge in [-0.2, -0.15) is 5.26 Å². The Hall–Kier alpha value is -1.73. The van der Waals surface area contributed by atoms with Gasteiger partial charge in [-0.05, 0) is 18.2 Å². The number of hydrogen-bond acceptors (Lipinski definition) is 3. The second kappa shape index (κ2) is 6.12. The lowest BCUT2D eigenvalue weighted by molar-refractivity contribution is 0.0799. The van der Waals surface area contributed by atoms with E-state index < -0.39 is 0 Å². The summed E-state index contributed by atoms with van der Waals surface area (Å²) in [6.45, 7) is 0.408. The van der Waals surface area contributed by atoms with Crippen molar-refractivity contribution in [1.82, 2.24) is 4.90 Å². The SMILES string of the molecule is CNc1ccc(Cl)cc1C(=O)N(C)CCC#N. The maximum Gasteiger partial charge on any atom is 0.255 e. The van der Waals surface area contributed by atoms with Crippen molar-refractivity contribution in [1.29, 1.82) is 5.26 Å². The Balaban J connectivity index is 2.95. The average Bonchev–Trinajstić information content (AvgIpc) is 2.34. The van der Waals surface area contributed by atoms with Gasteiger partial charge in [0.15, 0.2) is 0 Å².